The van der Waals surface area contributed by atoms with Gasteiger partial charge < -0.3 is 20.3 Å². The number of Topliss-reactive ketones (excluding diaryl/α,β-unsaturated/α-hetero) is 1. The van der Waals surface area contributed by atoms with Crippen LogP contribution in [-0.2, 0) is 32.3 Å². The van der Waals surface area contributed by atoms with Crippen LogP contribution in [0.3, 0.4) is 0 Å². The summed E-state index contributed by atoms with van der Waals surface area (Å²) in [6, 6.07) is 4.23. The molecule has 2 fully saturated rings. The largest absolute Gasteiger partial charge is 0.373 e. The molecule has 14 nitrogen and oxygen atoms in total. The van der Waals surface area contributed by atoms with Crippen LogP contribution in [0.5, 0.6) is 0 Å². The number of rotatable bonds is 4. The third kappa shape index (κ3) is 6.79. The number of ketones is 1. The predicted molar refractivity (Wildman–Crippen MR) is 190 cm³/mol. The van der Waals surface area contributed by atoms with Crippen LogP contribution in [0.4, 0.5) is 5.82 Å². The van der Waals surface area contributed by atoms with Crippen molar-refractivity contribution in [3.8, 4) is 11.3 Å². The molecule has 6 heterocycles. The molecule has 2 aliphatic heterocycles. The van der Waals surface area contributed by atoms with Crippen molar-refractivity contribution in [2.24, 2.45) is 10.8 Å². The molecular weight excluding hydrogens is 718 g/mol. The molecule has 4 aromatic heterocycles. The van der Waals surface area contributed by atoms with E-state index in [1.807, 2.05) is 32.1 Å². The molecule has 3 amide bonds. The molecule has 1 aliphatic carbocycles. The molecule has 264 valence electrons. The highest BCUT2D eigenvalue weighted by Gasteiger charge is 2.67. The maximum absolute atomic E-state index is 14.3. The van der Waals surface area contributed by atoms with Gasteiger partial charge in [0.05, 0.1) is 30.6 Å². The molecule has 0 aromatic carbocycles. The lowest BCUT2D eigenvalue weighted by molar-refractivity contribution is -0.138. The van der Waals surface area contributed by atoms with Gasteiger partial charge in [0.1, 0.15) is 34.5 Å². The second kappa shape index (κ2) is 13.3. The zero-order valence-corrected chi connectivity index (χ0v) is 30.4. The topological polar surface area (TPSA) is 174 Å². The van der Waals surface area contributed by atoms with E-state index in [4.69, 9.17) is 4.74 Å². The highest BCUT2D eigenvalue weighted by Crippen LogP contribution is 2.59. The monoisotopic (exact) mass is 755 g/mol. The summed E-state index contributed by atoms with van der Waals surface area (Å²) in [5.41, 5.74) is 1.49. The number of likely N-dealkylation sites (tertiary alicyclic amines) is 1. The van der Waals surface area contributed by atoms with Crippen molar-refractivity contribution < 1.29 is 23.9 Å². The fourth-order valence-electron chi connectivity index (χ4n) is 6.97. The summed E-state index contributed by atoms with van der Waals surface area (Å²) in [6.07, 6.45) is 10.2. The quantitative estimate of drug-likeness (QED) is 0.175. The molecule has 2 bridgehead atoms. The number of amides is 3. The summed E-state index contributed by atoms with van der Waals surface area (Å²) in [5.74, 6) is -0.142. The smallest absolute Gasteiger partial charge is 0.248 e. The van der Waals surface area contributed by atoms with E-state index in [9.17, 15) is 19.2 Å². The van der Waals surface area contributed by atoms with E-state index in [1.165, 1.54) is 11.6 Å². The van der Waals surface area contributed by atoms with Crippen molar-refractivity contribution in [2.45, 2.75) is 72.2 Å². The minimum atomic E-state index is -0.839. The number of nitrogens with one attached hydrogen (secondary N) is 2. The van der Waals surface area contributed by atoms with E-state index in [1.54, 1.807) is 42.5 Å². The van der Waals surface area contributed by atoms with Crippen molar-refractivity contribution in [3.05, 3.63) is 70.6 Å². The number of allylic oxidation sites excluding steroid dienone is 1. The van der Waals surface area contributed by atoms with Gasteiger partial charge in [0.25, 0.3) is 0 Å². The number of pyridine rings is 2. The lowest BCUT2D eigenvalue weighted by Crippen LogP contribution is -2.47. The highest BCUT2D eigenvalue weighted by molar-refractivity contribution is 9.10. The van der Waals surface area contributed by atoms with E-state index in [2.05, 4.69) is 51.6 Å². The number of carbonyl (C=O) groups is 4. The van der Waals surface area contributed by atoms with Crippen molar-refractivity contribution in [1.82, 2.24) is 39.9 Å². The third-order valence-corrected chi connectivity index (χ3v) is 10.5. The number of aryl methyl sites for hydroxylation is 1. The average molecular weight is 757 g/mol. The molecule has 0 unspecified atom stereocenters. The molecule has 15 heteroatoms. The first-order chi connectivity index (χ1) is 24.3. The Kier molecular flexibility index (Phi) is 9.04. The van der Waals surface area contributed by atoms with Crippen LogP contribution in [0, 0.1) is 17.8 Å². The van der Waals surface area contributed by atoms with Crippen molar-refractivity contribution in [3.63, 3.8) is 0 Å². The number of nitrogens with zero attached hydrogens (tertiary/aromatic N) is 7. The predicted octanol–water partition coefficient (Wildman–Crippen LogP) is 4.17. The maximum atomic E-state index is 14.3. The fraction of sp³-hybridized carbons (Fsp3) is 0.417. The number of halogens is 1. The highest BCUT2D eigenvalue weighted by atomic mass is 79.9. The molecule has 3 aliphatic rings. The molecule has 1 spiro atoms. The minimum absolute atomic E-state index is 0.103. The van der Waals surface area contributed by atoms with E-state index >= 15 is 0 Å². The number of piperidine rings is 1. The fourth-order valence-corrected chi connectivity index (χ4v) is 7.28. The Bertz CT molecular complexity index is 2100. The Labute approximate surface area is 302 Å². The summed E-state index contributed by atoms with van der Waals surface area (Å²) in [4.78, 5) is 73.7. The Balaban J connectivity index is 1.21. The van der Waals surface area contributed by atoms with Gasteiger partial charge in [-0.15, -0.1) is 0 Å². The summed E-state index contributed by atoms with van der Waals surface area (Å²) >= 11 is 3.40. The van der Waals surface area contributed by atoms with Gasteiger partial charge >= 0.3 is 0 Å². The van der Waals surface area contributed by atoms with Crippen LogP contribution >= 0.6 is 15.9 Å². The lowest BCUT2D eigenvalue weighted by Gasteiger charge is -2.27. The number of hydrogen-bond donors (Lipinski definition) is 2. The van der Waals surface area contributed by atoms with Gasteiger partial charge in [-0.1, -0.05) is 32.1 Å². The summed E-state index contributed by atoms with van der Waals surface area (Å²) < 4.78 is 7.86. The van der Waals surface area contributed by atoms with Crippen LogP contribution in [0.1, 0.15) is 61.9 Å². The van der Waals surface area contributed by atoms with Crippen LogP contribution in [0.25, 0.3) is 22.2 Å². The average Bonchev–Trinajstić information content (AvgIpc) is 3.51. The van der Waals surface area contributed by atoms with Crippen LogP contribution in [-0.4, -0.2) is 83.4 Å². The second-order valence-electron chi connectivity index (χ2n) is 14.2. The summed E-state index contributed by atoms with van der Waals surface area (Å²) in [6.45, 7) is 7.61. The number of anilines is 1. The summed E-state index contributed by atoms with van der Waals surface area (Å²) in [7, 11) is 0. The first-order valence-electron chi connectivity index (χ1n) is 16.8. The number of hydrogen-bond acceptors (Lipinski definition) is 10. The molecule has 1 saturated carbocycles. The first-order valence-corrected chi connectivity index (χ1v) is 17.6. The summed E-state index contributed by atoms with van der Waals surface area (Å²) in [5, 5.41) is 11.2. The van der Waals surface area contributed by atoms with Gasteiger partial charge in [-0.25, -0.2) is 15.0 Å². The molecule has 2 N–H and O–H groups in total. The normalized spacial score (nSPS) is 23.8. The number of ether oxygens (including phenoxy) is 1. The standard InChI is InChI=1S/C36H38BrN9O5/c1-20(47)31-24-11-25(23-14-38-21(2)39-15-23)40-16-27(24)45(44-31)17-30(48)46-26-12-36(13-28(36)46)19-41-34(50)35(3,4)9-5-6-10-51-18-22-7-8-29(37)42-32(22)43-33(26)49/h5-8,11,14-16,26,28H,9-10,12-13,17-19H2,1-4H3,(H,41,50)(H,42,43,49)/b6-5-/t26-,28+,36-/m0/s1. The zero-order valence-electron chi connectivity index (χ0n) is 28.8. The Hall–Kier alpha value is -4.89. The van der Waals surface area contributed by atoms with Crippen LogP contribution in [0.2, 0.25) is 0 Å². The number of fused-ring (bicyclic) bond motifs is 3. The van der Waals surface area contributed by atoms with Gasteiger partial charge in [-0.3, -0.25) is 28.8 Å². The number of aromatic nitrogens is 6. The van der Waals surface area contributed by atoms with Crippen LogP contribution in [0.15, 0.2) is 53.5 Å². The van der Waals surface area contributed by atoms with Crippen molar-refractivity contribution >= 4 is 56.2 Å². The van der Waals surface area contributed by atoms with Crippen molar-refractivity contribution in [2.75, 3.05) is 18.5 Å². The number of carbonyl (C=O) groups excluding carboxylic acids is 4. The minimum Gasteiger partial charge on any atom is -0.373 e. The van der Waals surface area contributed by atoms with E-state index < -0.39 is 16.9 Å². The van der Waals surface area contributed by atoms with Gasteiger partial charge in [0, 0.05) is 59.2 Å². The van der Waals surface area contributed by atoms with Crippen molar-refractivity contribution in [1.29, 1.82) is 0 Å². The third-order valence-electron chi connectivity index (χ3n) is 10.0. The Morgan fingerprint density at radius 2 is 1.86 bits per heavy atom. The van der Waals surface area contributed by atoms with Gasteiger partial charge in [-0.2, -0.15) is 5.10 Å². The molecule has 4 aromatic rings. The molecule has 0 radical (unpaired) electrons. The zero-order chi connectivity index (χ0) is 36.1. The maximum Gasteiger partial charge on any atom is 0.248 e. The SMILES string of the molecule is CC(=O)c1nn(CC(=O)N2[C@H]3C[C@@]4(CNC(=O)C(C)(C)C/C=C\COCc5ccc(Br)nc5NC3=O)C[C@@H]24)c2cnc(-c3cnc(C)nc3)cc12. The molecule has 1 saturated heterocycles. The molecule has 51 heavy (non-hydrogen) atoms. The van der Waals surface area contributed by atoms with Gasteiger partial charge in [-0.05, 0) is 54.2 Å². The van der Waals surface area contributed by atoms with Crippen LogP contribution < -0.4 is 10.6 Å². The second-order valence-corrected chi connectivity index (χ2v) is 15.0. The Morgan fingerprint density at radius 1 is 1.08 bits per heavy atom. The Morgan fingerprint density at radius 3 is 2.63 bits per heavy atom. The van der Waals surface area contributed by atoms with E-state index in [0.717, 1.165) is 0 Å². The first kappa shape index (κ1) is 34.6. The molecule has 3 atom stereocenters. The van der Waals surface area contributed by atoms with Gasteiger partial charge in [0.2, 0.25) is 17.7 Å². The van der Waals surface area contributed by atoms with E-state index in [0.29, 0.717) is 76.4 Å². The lowest BCUT2D eigenvalue weighted by atomic mass is 9.87. The van der Waals surface area contributed by atoms with E-state index in [-0.39, 0.29) is 48.4 Å². The molecule has 7 rings (SSSR count). The van der Waals surface area contributed by atoms with Gasteiger partial charge in [0.15, 0.2) is 5.78 Å². The molecular formula is C36H38BrN9O5.